The number of halogens is 1. The van der Waals surface area contributed by atoms with E-state index in [1.807, 2.05) is 0 Å². The van der Waals surface area contributed by atoms with Gasteiger partial charge in [0.1, 0.15) is 0 Å². The van der Waals surface area contributed by atoms with Crippen LogP contribution in [0.1, 0.15) is 23.2 Å². The van der Waals surface area contributed by atoms with Crippen molar-refractivity contribution in [2.24, 2.45) is 0 Å². The molecule has 0 bridgehead atoms. The van der Waals surface area contributed by atoms with Gasteiger partial charge >= 0.3 is 0 Å². The molecule has 1 rings (SSSR count). The van der Waals surface area contributed by atoms with Gasteiger partial charge in [0, 0.05) is 23.4 Å². The van der Waals surface area contributed by atoms with Crippen LogP contribution in [-0.2, 0) is 4.79 Å². The molecule has 0 aliphatic carbocycles. The zero-order valence-electron chi connectivity index (χ0n) is 7.87. The maximum absolute atomic E-state index is 11.5. The lowest BCUT2D eigenvalue weighted by atomic mass is 10.1. The summed E-state index contributed by atoms with van der Waals surface area (Å²) >= 11 is 5.66. The van der Waals surface area contributed by atoms with E-state index >= 15 is 0 Å². The van der Waals surface area contributed by atoms with E-state index in [9.17, 15) is 9.59 Å². The van der Waals surface area contributed by atoms with E-state index in [-0.39, 0.29) is 18.6 Å². The van der Waals surface area contributed by atoms with Gasteiger partial charge in [-0.1, -0.05) is 11.6 Å². The summed E-state index contributed by atoms with van der Waals surface area (Å²) in [5, 5.41) is 8.78. The number of hydrogen-bond acceptors (Lipinski definition) is 3. The largest absolute Gasteiger partial charge is 0.294 e. The molecule has 0 heterocycles. The third-order valence-corrected chi connectivity index (χ3v) is 2.12. The highest BCUT2D eigenvalue weighted by molar-refractivity contribution is 6.30. The Balaban J connectivity index is 2.54. The van der Waals surface area contributed by atoms with Crippen molar-refractivity contribution < 1.29 is 14.8 Å². The summed E-state index contributed by atoms with van der Waals surface area (Å²) < 4.78 is 0. The highest BCUT2D eigenvalue weighted by Gasteiger charge is 2.08. The fourth-order valence-electron chi connectivity index (χ4n) is 1.06. The Morgan fingerprint density at radius 2 is 1.80 bits per heavy atom. The molecule has 15 heavy (non-hydrogen) atoms. The molecule has 1 aromatic carbocycles. The van der Waals surface area contributed by atoms with Gasteiger partial charge < -0.3 is 0 Å². The smallest absolute Gasteiger partial charge is 0.243 e. The maximum atomic E-state index is 11.5. The summed E-state index contributed by atoms with van der Waals surface area (Å²) in [6, 6.07) is 6.42. The summed E-state index contributed by atoms with van der Waals surface area (Å²) in [6.07, 6.45) is 0.0337. The van der Waals surface area contributed by atoms with Crippen molar-refractivity contribution in [1.82, 2.24) is 5.48 Å². The second kappa shape index (κ2) is 5.48. The molecule has 0 radical (unpaired) electrons. The summed E-state index contributed by atoms with van der Waals surface area (Å²) in [5.41, 5.74) is 1.97. The van der Waals surface area contributed by atoms with Gasteiger partial charge in [0.15, 0.2) is 5.78 Å². The Morgan fingerprint density at radius 3 is 2.33 bits per heavy atom. The van der Waals surface area contributed by atoms with Gasteiger partial charge in [-0.2, -0.15) is 0 Å². The molecule has 5 heteroatoms. The highest BCUT2D eigenvalue weighted by Crippen LogP contribution is 2.11. The molecule has 1 amide bonds. The van der Waals surface area contributed by atoms with E-state index in [1.165, 1.54) is 5.48 Å². The Labute approximate surface area is 91.8 Å². The van der Waals surface area contributed by atoms with E-state index in [2.05, 4.69) is 0 Å². The number of hydrogen-bond donors (Lipinski definition) is 2. The molecule has 0 saturated carbocycles. The number of nitrogens with one attached hydrogen (secondary N) is 1. The Morgan fingerprint density at radius 1 is 1.20 bits per heavy atom. The average molecular weight is 228 g/mol. The molecule has 1 aromatic rings. The van der Waals surface area contributed by atoms with Crippen molar-refractivity contribution in [3.05, 3.63) is 34.9 Å². The second-order valence-electron chi connectivity index (χ2n) is 2.97. The summed E-state index contributed by atoms with van der Waals surface area (Å²) in [5.74, 6) is -0.729. The van der Waals surface area contributed by atoms with Crippen LogP contribution in [-0.4, -0.2) is 16.9 Å². The van der Waals surface area contributed by atoms with E-state index in [0.29, 0.717) is 10.6 Å². The van der Waals surface area contributed by atoms with Crippen molar-refractivity contribution in [1.29, 1.82) is 0 Å². The molecule has 0 saturated heterocycles. The van der Waals surface area contributed by atoms with Crippen LogP contribution in [0.4, 0.5) is 0 Å². The van der Waals surface area contributed by atoms with E-state index in [4.69, 9.17) is 16.8 Å². The fraction of sp³-hybridized carbons (Fsp3) is 0.200. The molecule has 0 aliphatic rings. The SMILES string of the molecule is O=C(CCC(=O)c1ccc(Cl)cc1)NO. The first-order chi connectivity index (χ1) is 7.13. The number of amides is 1. The van der Waals surface area contributed by atoms with Crippen LogP contribution in [0.5, 0.6) is 0 Å². The van der Waals surface area contributed by atoms with Crippen LogP contribution in [0.2, 0.25) is 5.02 Å². The van der Waals surface area contributed by atoms with E-state index in [0.717, 1.165) is 0 Å². The van der Waals surface area contributed by atoms with Crippen molar-refractivity contribution in [3.8, 4) is 0 Å². The zero-order valence-corrected chi connectivity index (χ0v) is 8.62. The number of hydroxylamine groups is 1. The predicted molar refractivity (Wildman–Crippen MR) is 54.9 cm³/mol. The highest BCUT2D eigenvalue weighted by atomic mass is 35.5. The first-order valence-electron chi connectivity index (χ1n) is 4.35. The van der Waals surface area contributed by atoms with Crippen LogP contribution in [0.15, 0.2) is 24.3 Å². The number of benzene rings is 1. The maximum Gasteiger partial charge on any atom is 0.243 e. The van der Waals surface area contributed by atoms with Crippen LogP contribution in [0, 0.1) is 0 Å². The third kappa shape index (κ3) is 3.69. The molecule has 0 fully saturated rings. The first-order valence-corrected chi connectivity index (χ1v) is 4.73. The second-order valence-corrected chi connectivity index (χ2v) is 3.40. The molecule has 2 N–H and O–H groups in total. The van der Waals surface area contributed by atoms with Gasteiger partial charge in [0.05, 0.1) is 0 Å². The number of Topliss-reactive ketones (excluding diaryl/α,β-unsaturated/α-hetero) is 1. The normalized spacial score (nSPS) is 9.73. The van der Waals surface area contributed by atoms with Crippen molar-refractivity contribution in [3.63, 3.8) is 0 Å². The van der Waals surface area contributed by atoms with Gasteiger partial charge in [-0.3, -0.25) is 14.8 Å². The van der Waals surface area contributed by atoms with Crippen LogP contribution in [0.3, 0.4) is 0 Å². The standard InChI is InChI=1S/C10H10ClNO3/c11-8-3-1-7(2-4-8)9(13)5-6-10(14)12-15/h1-4,15H,5-6H2,(H,12,14). The van der Waals surface area contributed by atoms with Gasteiger partial charge in [0.25, 0.3) is 0 Å². The Kier molecular flexibility index (Phi) is 4.27. The summed E-state index contributed by atoms with van der Waals surface area (Å²) in [6.45, 7) is 0. The lowest BCUT2D eigenvalue weighted by molar-refractivity contribution is -0.129. The third-order valence-electron chi connectivity index (χ3n) is 1.87. The molecule has 4 nitrogen and oxygen atoms in total. The fourth-order valence-corrected chi connectivity index (χ4v) is 1.19. The Bertz CT molecular complexity index is 361. The summed E-state index contributed by atoms with van der Waals surface area (Å²) in [7, 11) is 0. The lowest BCUT2D eigenvalue weighted by Crippen LogP contribution is -2.19. The lowest BCUT2D eigenvalue weighted by Gasteiger charge is -2.00. The van der Waals surface area contributed by atoms with Crippen molar-refractivity contribution in [2.75, 3.05) is 0 Å². The molecule has 0 spiro atoms. The van der Waals surface area contributed by atoms with Gasteiger partial charge in [-0.15, -0.1) is 0 Å². The van der Waals surface area contributed by atoms with Crippen LogP contribution < -0.4 is 5.48 Å². The zero-order chi connectivity index (χ0) is 11.3. The molecule has 0 aliphatic heterocycles. The Hall–Kier alpha value is -1.39. The minimum Gasteiger partial charge on any atom is -0.294 e. The molecular formula is C10H10ClNO3. The molecule has 80 valence electrons. The minimum atomic E-state index is -0.572. The predicted octanol–water partition coefficient (Wildman–Crippen LogP) is 1.81. The van der Waals surface area contributed by atoms with Gasteiger partial charge in [0.2, 0.25) is 5.91 Å². The topological polar surface area (TPSA) is 66.4 Å². The van der Waals surface area contributed by atoms with Crippen LogP contribution >= 0.6 is 11.6 Å². The van der Waals surface area contributed by atoms with Gasteiger partial charge in [-0.25, -0.2) is 5.48 Å². The van der Waals surface area contributed by atoms with Gasteiger partial charge in [-0.05, 0) is 24.3 Å². The minimum absolute atomic E-state index is 0.0298. The monoisotopic (exact) mass is 227 g/mol. The average Bonchev–Trinajstić information content (AvgIpc) is 2.26. The molecule has 0 aromatic heterocycles. The molecular weight excluding hydrogens is 218 g/mol. The van der Waals surface area contributed by atoms with Crippen LogP contribution in [0.25, 0.3) is 0 Å². The molecule has 0 atom stereocenters. The van der Waals surface area contributed by atoms with E-state index in [1.54, 1.807) is 24.3 Å². The number of carbonyl (C=O) groups excluding carboxylic acids is 2. The molecule has 0 unspecified atom stereocenters. The number of ketones is 1. The van der Waals surface area contributed by atoms with Crippen molar-refractivity contribution in [2.45, 2.75) is 12.8 Å². The number of rotatable bonds is 4. The number of carbonyl (C=O) groups is 2. The quantitative estimate of drug-likeness (QED) is 0.468. The van der Waals surface area contributed by atoms with E-state index < -0.39 is 5.91 Å². The first kappa shape index (κ1) is 11.7. The van der Waals surface area contributed by atoms with Crippen molar-refractivity contribution >= 4 is 23.3 Å². The summed E-state index contributed by atoms with van der Waals surface area (Å²) in [4.78, 5) is 22.1.